The zero-order valence-corrected chi connectivity index (χ0v) is 14.3. The predicted molar refractivity (Wildman–Crippen MR) is 88.6 cm³/mol. The van der Waals surface area contributed by atoms with Gasteiger partial charge >= 0.3 is 0 Å². The third-order valence-electron chi connectivity index (χ3n) is 5.56. The summed E-state index contributed by atoms with van der Waals surface area (Å²) >= 11 is 0. The predicted octanol–water partition coefficient (Wildman–Crippen LogP) is 2.85. The first-order valence-electron chi connectivity index (χ1n) is 8.78. The molecule has 4 rings (SSSR count). The first-order valence-corrected chi connectivity index (χ1v) is 8.78. The second-order valence-corrected chi connectivity index (χ2v) is 7.50. The number of hydrogen-bond acceptors (Lipinski definition) is 6. The number of pyridine rings is 1. The average molecular weight is 328 g/mol. The van der Waals surface area contributed by atoms with Gasteiger partial charge in [0.15, 0.2) is 5.82 Å². The van der Waals surface area contributed by atoms with Gasteiger partial charge in [0.25, 0.3) is 0 Å². The van der Waals surface area contributed by atoms with Crippen LogP contribution in [0.15, 0.2) is 22.9 Å². The fraction of sp³-hybridized carbons (Fsp3) is 0.611. The van der Waals surface area contributed by atoms with Crippen molar-refractivity contribution in [2.45, 2.75) is 51.0 Å². The topological polar surface area (TPSA) is 75.3 Å². The Morgan fingerprint density at radius 3 is 3.08 bits per heavy atom. The molecule has 0 spiro atoms. The maximum absolute atomic E-state index is 9.99. The third kappa shape index (κ3) is 2.49. The van der Waals surface area contributed by atoms with Gasteiger partial charge in [-0.25, -0.2) is 0 Å². The fourth-order valence-corrected chi connectivity index (χ4v) is 4.30. The number of aromatic hydroxyl groups is 1. The monoisotopic (exact) mass is 328 g/mol. The molecular weight excluding hydrogens is 304 g/mol. The quantitative estimate of drug-likeness (QED) is 0.930. The fourth-order valence-electron chi connectivity index (χ4n) is 4.30. The highest BCUT2D eigenvalue weighted by atomic mass is 16.5. The van der Waals surface area contributed by atoms with Crippen molar-refractivity contribution in [3.8, 4) is 5.75 Å². The first-order chi connectivity index (χ1) is 11.6. The van der Waals surface area contributed by atoms with Gasteiger partial charge < -0.3 is 9.63 Å². The van der Waals surface area contributed by atoms with E-state index >= 15 is 0 Å². The van der Waals surface area contributed by atoms with Gasteiger partial charge in [-0.3, -0.25) is 9.88 Å². The molecule has 1 aliphatic carbocycles. The van der Waals surface area contributed by atoms with Gasteiger partial charge in [-0.2, -0.15) is 4.98 Å². The lowest BCUT2D eigenvalue weighted by Gasteiger charge is -2.24. The summed E-state index contributed by atoms with van der Waals surface area (Å²) in [5, 5.41) is 14.2. The van der Waals surface area contributed by atoms with Crippen molar-refractivity contribution in [3.63, 3.8) is 0 Å². The molecule has 1 saturated carbocycles. The Kier molecular flexibility index (Phi) is 3.79. The van der Waals surface area contributed by atoms with Gasteiger partial charge in [0.05, 0.1) is 11.1 Å². The van der Waals surface area contributed by atoms with E-state index < -0.39 is 0 Å². The smallest absolute Gasteiger partial charge is 0.234 e. The summed E-state index contributed by atoms with van der Waals surface area (Å²) in [6, 6.07) is 3.45. The van der Waals surface area contributed by atoms with E-state index in [1.807, 2.05) is 0 Å². The van der Waals surface area contributed by atoms with Crippen LogP contribution in [0.4, 0.5) is 0 Å². The molecule has 2 aromatic rings. The van der Waals surface area contributed by atoms with E-state index in [-0.39, 0.29) is 17.1 Å². The van der Waals surface area contributed by atoms with Crippen LogP contribution in [0.2, 0.25) is 0 Å². The van der Waals surface area contributed by atoms with E-state index in [0.717, 1.165) is 36.9 Å². The Bertz CT molecular complexity index is 729. The van der Waals surface area contributed by atoms with Crippen LogP contribution >= 0.6 is 0 Å². The molecule has 1 aliphatic heterocycles. The molecule has 0 bridgehead atoms. The Labute approximate surface area is 141 Å². The molecule has 2 fully saturated rings. The molecule has 0 unspecified atom stereocenters. The molecule has 0 radical (unpaired) electrons. The highest BCUT2D eigenvalue weighted by molar-refractivity contribution is 5.26. The molecule has 1 N–H and O–H groups in total. The summed E-state index contributed by atoms with van der Waals surface area (Å²) in [5.41, 5.74) is 0.714. The van der Waals surface area contributed by atoms with Crippen molar-refractivity contribution in [1.29, 1.82) is 0 Å². The first kappa shape index (κ1) is 15.6. The molecule has 3 heterocycles. The Morgan fingerprint density at radius 2 is 2.33 bits per heavy atom. The van der Waals surface area contributed by atoms with Gasteiger partial charge in [-0.15, -0.1) is 0 Å². The minimum absolute atomic E-state index is 0.0233. The van der Waals surface area contributed by atoms with E-state index in [9.17, 15) is 5.11 Å². The van der Waals surface area contributed by atoms with Gasteiger partial charge in [-0.05, 0) is 30.9 Å². The lowest BCUT2D eigenvalue weighted by atomic mass is 9.80. The molecule has 1 saturated heterocycles. The van der Waals surface area contributed by atoms with Crippen LogP contribution in [-0.4, -0.2) is 38.2 Å². The third-order valence-corrected chi connectivity index (χ3v) is 5.56. The Balaban J connectivity index is 1.58. The standard InChI is InChI=1S/C18H24N4O2/c1-12(2)16-20-17(24-21-16)18-7-3-5-13(18)9-22(11-18)10-14-15(23)6-4-8-19-14/h4,6,8,12-13,23H,3,5,7,9-11H2,1-2H3/t13-,18-/m1/s1. The Morgan fingerprint density at radius 1 is 1.46 bits per heavy atom. The van der Waals surface area contributed by atoms with Crippen molar-refractivity contribution in [3.05, 3.63) is 35.7 Å². The van der Waals surface area contributed by atoms with Crippen LogP contribution in [-0.2, 0) is 12.0 Å². The number of nitrogens with zero attached hydrogens (tertiary/aromatic N) is 4. The van der Waals surface area contributed by atoms with E-state index in [4.69, 9.17) is 9.51 Å². The van der Waals surface area contributed by atoms with Gasteiger partial charge in [0.2, 0.25) is 5.89 Å². The van der Waals surface area contributed by atoms with E-state index in [2.05, 4.69) is 28.9 Å². The maximum Gasteiger partial charge on any atom is 0.234 e. The molecule has 0 amide bonds. The van der Waals surface area contributed by atoms with Gasteiger partial charge in [-0.1, -0.05) is 25.4 Å². The normalized spacial score (nSPS) is 27.0. The van der Waals surface area contributed by atoms with Crippen molar-refractivity contribution < 1.29 is 9.63 Å². The summed E-state index contributed by atoms with van der Waals surface area (Å²) < 4.78 is 5.68. The molecule has 6 heteroatoms. The zero-order chi connectivity index (χ0) is 16.7. The minimum Gasteiger partial charge on any atom is -0.506 e. The van der Waals surface area contributed by atoms with Crippen LogP contribution in [0.25, 0.3) is 0 Å². The van der Waals surface area contributed by atoms with Crippen molar-refractivity contribution in [1.82, 2.24) is 20.0 Å². The highest BCUT2D eigenvalue weighted by Gasteiger charge is 2.54. The maximum atomic E-state index is 9.99. The molecular formula is C18H24N4O2. The van der Waals surface area contributed by atoms with Gasteiger partial charge in [0.1, 0.15) is 5.75 Å². The second kappa shape index (κ2) is 5.84. The van der Waals surface area contributed by atoms with Crippen LogP contribution in [0.5, 0.6) is 5.75 Å². The molecule has 2 atom stereocenters. The second-order valence-electron chi connectivity index (χ2n) is 7.50. The van der Waals surface area contributed by atoms with Crippen molar-refractivity contribution >= 4 is 0 Å². The van der Waals surface area contributed by atoms with Crippen LogP contribution in [0.1, 0.15) is 56.4 Å². The summed E-state index contributed by atoms with van der Waals surface area (Å²) in [6.45, 7) is 6.73. The largest absolute Gasteiger partial charge is 0.506 e. The van der Waals surface area contributed by atoms with Gasteiger partial charge in [0, 0.05) is 31.7 Å². The number of likely N-dealkylation sites (tertiary alicyclic amines) is 1. The number of aromatic nitrogens is 3. The number of fused-ring (bicyclic) bond motifs is 1. The number of rotatable bonds is 4. The number of hydrogen-bond donors (Lipinski definition) is 1. The molecule has 6 nitrogen and oxygen atoms in total. The van der Waals surface area contributed by atoms with E-state index in [0.29, 0.717) is 12.5 Å². The van der Waals surface area contributed by atoms with Crippen LogP contribution < -0.4 is 0 Å². The minimum atomic E-state index is -0.0233. The molecule has 2 aromatic heterocycles. The lowest BCUT2D eigenvalue weighted by Crippen LogP contribution is -2.32. The van der Waals surface area contributed by atoms with Crippen LogP contribution in [0, 0.1) is 5.92 Å². The SMILES string of the molecule is CC(C)c1noc([C@@]23CCC[C@@H]2CN(Cc2ncccc2O)C3)n1. The molecule has 2 aliphatic rings. The highest BCUT2D eigenvalue weighted by Crippen LogP contribution is 2.50. The van der Waals surface area contributed by atoms with Crippen molar-refractivity contribution in [2.24, 2.45) is 5.92 Å². The molecule has 0 aromatic carbocycles. The van der Waals surface area contributed by atoms with Crippen molar-refractivity contribution in [2.75, 3.05) is 13.1 Å². The lowest BCUT2D eigenvalue weighted by molar-refractivity contribution is 0.242. The van der Waals surface area contributed by atoms with Crippen LogP contribution in [0.3, 0.4) is 0 Å². The summed E-state index contributed by atoms with van der Waals surface area (Å²) in [6.07, 6.45) is 5.24. The molecule has 128 valence electrons. The average Bonchev–Trinajstić information content (AvgIpc) is 3.22. The summed E-state index contributed by atoms with van der Waals surface area (Å²) in [5.74, 6) is 2.70. The van der Waals surface area contributed by atoms with E-state index in [1.165, 1.54) is 12.8 Å². The summed E-state index contributed by atoms with van der Waals surface area (Å²) in [7, 11) is 0. The van der Waals surface area contributed by atoms with E-state index in [1.54, 1.807) is 18.3 Å². The zero-order valence-electron chi connectivity index (χ0n) is 14.3. The molecule has 24 heavy (non-hydrogen) atoms. The summed E-state index contributed by atoms with van der Waals surface area (Å²) in [4.78, 5) is 11.4. The Hall–Kier alpha value is -1.95.